The van der Waals surface area contributed by atoms with Crippen LogP contribution in [0.2, 0.25) is 0 Å². The third-order valence-corrected chi connectivity index (χ3v) is 4.06. The Labute approximate surface area is 117 Å². The Morgan fingerprint density at radius 1 is 1.44 bits per heavy atom. The monoisotopic (exact) mass is 312 g/mol. The molecule has 18 heavy (non-hydrogen) atoms. The summed E-state index contributed by atoms with van der Waals surface area (Å²) in [5.74, 6) is 0. The molecule has 1 aromatic rings. The van der Waals surface area contributed by atoms with E-state index in [4.69, 9.17) is 5.73 Å². The lowest BCUT2D eigenvalue weighted by atomic mass is 9.98. The van der Waals surface area contributed by atoms with Gasteiger partial charge < -0.3 is 10.6 Å². The molecule has 2 N–H and O–H groups in total. The standard InChI is InChI=1S/C13H21BrN4/c1-17-3-4-18(2)13(9-17)12(15)6-10-5-11(14)8-16-7-10/h5,7-8,12-13H,3-4,6,9,15H2,1-2H3. The molecule has 0 aromatic carbocycles. The molecule has 1 aliphatic heterocycles. The van der Waals surface area contributed by atoms with Gasteiger partial charge in [-0.05, 0) is 48.1 Å². The van der Waals surface area contributed by atoms with Gasteiger partial charge in [0.15, 0.2) is 0 Å². The zero-order valence-corrected chi connectivity index (χ0v) is 12.6. The zero-order chi connectivity index (χ0) is 13.1. The first-order valence-electron chi connectivity index (χ1n) is 6.30. The minimum atomic E-state index is 0.147. The van der Waals surface area contributed by atoms with Gasteiger partial charge in [-0.25, -0.2) is 0 Å². The normalized spacial score (nSPS) is 24.1. The van der Waals surface area contributed by atoms with Gasteiger partial charge in [0, 0.05) is 48.6 Å². The molecule has 2 rings (SSSR count). The second-order valence-electron chi connectivity index (χ2n) is 5.19. The van der Waals surface area contributed by atoms with Crippen molar-refractivity contribution < 1.29 is 0 Å². The number of halogens is 1. The summed E-state index contributed by atoms with van der Waals surface area (Å²) in [7, 11) is 4.32. The molecule has 2 atom stereocenters. The van der Waals surface area contributed by atoms with E-state index in [0.717, 1.165) is 30.5 Å². The Hall–Kier alpha value is -0.490. The van der Waals surface area contributed by atoms with Crippen LogP contribution >= 0.6 is 15.9 Å². The zero-order valence-electron chi connectivity index (χ0n) is 11.0. The number of nitrogens with two attached hydrogens (primary N) is 1. The third kappa shape index (κ3) is 3.51. The Kier molecular flexibility index (Phi) is 4.72. The van der Waals surface area contributed by atoms with Crippen molar-refractivity contribution in [2.45, 2.75) is 18.5 Å². The van der Waals surface area contributed by atoms with Gasteiger partial charge >= 0.3 is 0 Å². The van der Waals surface area contributed by atoms with E-state index < -0.39 is 0 Å². The van der Waals surface area contributed by atoms with E-state index in [1.165, 1.54) is 5.56 Å². The van der Waals surface area contributed by atoms with Crippen molar-refractivity contribution >= 4 is 15.9 Å². The largest absolute Gasteiger partial charge is 0.326 e. The lowest BCUT2D eigenvalue weighted by Crippen LogP contribution is -2.58. The lowest BCUT2D eigenvalue weighted by Gasteiger charge is -2.40. The van der Waals surface area contributed by atoms with E-state index in [9.17, 15) is 0 Å². The van der Waals surface area contributed by atoms with Gasteiger partial charge in [0.2, 0.25) is 0 Å². The van der Waals surface area contributed by atoms with E-state index in [1.54, 1.807) is 6.20 Å². The van der Waals surface area contributed by atoms with E-state index in [0.29, 0.717) is 6.04 Å². The Morgan fingerprint density at radius 2 is 2.22 bits per heavy atom. The summed E-state index contributed by atoms with van der Waals surface area (Å²) in [5.41, 5.74) is 7.56. The van der Waals surface area contributed by atoms with E-state index >= 15 is 0 Å². The molecule has 0 amide bonds. The SMILES string of the molecule is CN1CCN(C)C(C(N)Cc2cncc(Br)c2)C1. The number of nitrogens with zero attached hydrogens (tertiary/aromatic N) is 3. The van der Waals surface area contributed by atoms with Crippen molar-refractivity contribution in [3.63, 3.8) is 0 Å². The summed E-state index contributed by atoms with van der Waals surface area (Å²) < 4.78 is 1.02. The molecule has 100 valence electrons. The molecule has 0 spiro atoms. The number of rotatable bonds is 3. The maximum absolute atomic E-state index is 6.37. The van der Waals surface area contributed by atoms with Crippen LogP contribution in [0.25, 0.3) is 0 Å². The highest BCUT2D eigenvalue weighted by Gasteiger charge is 2.27. The van der Waals surface area contributed by atoms with Crippen LogP contribution in [-0.4, -0.2) is 60.6 Å². The number of aromatic nitrogens is 1. The molecule has 4 nitrogen and oxygen atoms in total. The quantitative estimate of drug-likeness (QED) is 0.903. The molecule has 0 radical (unpaired) electrons. The van der Waals surface area contributed by atoms with Crippen LogP contribution in [0.5, 0.6) is 0 Å². The number of hydrogen-bond acceptors (Lipinski definition) is 4. The average molecular weight is 313 g/mol. The molecule has 0 saturated carbocycles. The van der Waals surface area contributed by atoms with Gasteiger partial charge in [-0.2, -0.15) is 0 Å². The fourth-order valence-corrected chi connectivity index (χ4v) is 2.89. The number of hydrogen-bond donors (Lipinski definition) is 1. The second-order valence-corrected chi connectivity index (χ2v) is 6.11. The highest BCUT2D eigenvalue weighted by Crippen LogP contribution is 2.15. The highest BCUT2D eigenvalue weighted by molar-refractivity contribution is 9.10. The smallest absolute Gasteiger partial charge is 0.0410 e. The lowest BCUT2D eigenvalue weighted by molar-refractivity contribution is 0.0973. The molecule has 1 aliphatic rings. The van der Waals surface area contributed by atoms with Gasteiger partial charge in [-0.15, -0.1) is 0 Å². The van der Waals surface area contributed by atoms with Crippen LogP contribution in [0.1, 0.15) is 5.56 Å². The van der Waals surface area contributed by atoms with Crippen molar-refractivity contribution in [2.24, 2.45) is 5.73 Å². The Morgan fingerprint density at radius 3 is 2.94 bits per heavy atom. The van der Waals surface area contributed by atoms with E-state index in [1.807, 2.05) is 6.20 Å². The van der Waals surface area contributed by atoms with Gasteiger partial charge in [0.1, 0.15) is 0 Å². The van der Waals surface area contributed by atoms with Crippen molar-refractivity contribution in [3.05, 3.63) is 28.5 Å². The predicted molar refractivity (Wildman–Crippen MR) is 77.5 cm³/mol. The van der Waals surface area contributed by atoms with Gasteiger partial charge in [0.05, 0.1) is 0 Å². The van der Waals surface area contributed by atoms with Crippen LogP contribution in [0, 0.1) is 0 Å². The summed E-state index contributed by atoms with van der Waals surface area (Å²) in [4.78, 5) is 8.91. The van der Waals surface area contributed by atoms with Crippen LogP contribution < -0.4 is 5.73 Å². The summed E-state index contributed by atoms with van der Waals surface area (Å²) in [6.07, 6.45) is 4.57. The highest BCUT2D eigenvalue weighted by atomic mass is 79.9. The Balaban J connectivity index is 2.00. The summed E-state index contributed by atoms with van der Waals surface area (Å²) in [6.45, 7) is 3.25. The summed E-state index contributed by atoms with van der Waals surface area (Å²) in [6, 6.07) is 2.66. The first-order chi connectivity index (χ1) is 8.56. The van der Waals surface area contributed by atoms with Gasteiger partial charge in [-0.3, -0.25) is 9.88 Å². The molecule has 0 aliphatic carbocycles. The minimum Gasteiger partial charge on any atom is -0.326 e. The van der Waals surface area contributed by atoms with Crippen LogP contribution in [0.3, 0.4) is 0 Å². The first kappa shape index (κ1) is 13.9. The van der Waals surface area contributed by atoms with E-state index in [2.05, 4.69) is 50.9 Å². The Bertz CT molecular complexity index is 398. The van der Waals surface area contributed by atoms with Crippen LogP contribution in [0.4, 0.5) is 0 Å². The van der Waals surface area contributed by atoms with Gasteiger partial charge in [0.25, 0.3) is 0 Å². The first-order valence-corrected chi connectivity index (χ1v) is 7.09. The fraction of sp³-hybridized carbons (Fsp3) is 0.615. The van der Waals surface area contributed by atoms with Crippen molar-refractivity contribution in [1.82, 2.24) is 14.8 Å². The van der Waals surface area contributed by atoms with Crippen molar-refractivity contribution in [3.8, 4) is 0 Å². The number of piperazine rings is 1. The molecule has 1 saturated heterocycles. The molecular formula is C13H21BrN4. The third-order valence-electron chi connectivity index (χ3n) is 3.63. The molecule has 2 unspecified atom stereocenters. The molecule has 1 aromatic heterocycles. The predicted octanol–water partition coefficient (Wildman–Crippen LogP) is 0.960. The van der Waals surface area contributed by atoms with Gasteiger partial charge in [-0.1, -0.05) is 0 Å². The summed E-state index contributed by atoms with van der Waals surface area (Å²) in [5, 5.41) is 0. The maximum atomic E-state index is 6.37. The second kappa shape index (κ2) is 6.10. The average Bonchev–Trinajstić information content (AvgIpc) is 2.32. The summed E-state index contributed by atoms with van der Waals surface area (Å²) >= 11 is 3.45. The number of pyridine rings is 1. The van der Waals surface area contributed by atoms with Crippen molar-refractivity contribution in [1.29, 1.82) is 0 Å². The molecule has 0 bridgehead atoms. The fourth-order valence-electron chi connectivity index (χ4n) is 2.48. The molecule has 5 heteroatoms. The molecular weight excluding hydrogens is 292 g/mol. The minimum absolute atomic E-state index is 0.147. The van der Waals surface area contributed by atoms with Crippen LogP contribution in [0.15, 0.2) is 22.9 Å². The van der Waals surface area contributed by atoms with Crippen molar-refractivity contribution in [2.75, 3.05) is 33.7 Å². The van der Waals surface area contributed by atoms with Crippen LogP contribution in [-0.2, 0) is 6.42 Å². The molecule has 1 fully saturated rings. The maximum Gasteiger partial charge on any atom is 0.0410 e. The topological polar surface area (TPSA) is 45.4 Å². The van der Waals surface area contributed by atoms with E-state index in [-0.39, 0.29) is 6.04 Å². The number of likely N-dealkylation sites (N-methyl/N-ethyl adjacent to an activating group) is 2. The molecule has 2 heterocycles.